The van der Waals surface area contributed by atoms with E-state index < -0.39 is 0 Å². The highest BCUT2D eigenvalue weighted by Crippen LogP contribution is 2.45. The van der Waals surface area contributed by atoms with Gasteiger partial charge in [0.25, 0.3) is 5.91 Å². The molecule has 0 unspecified atom stereocenters. The molecule has 20 heavy (non-hydrogen) atoms. The van der Waals surface area contributed by atoms with E-state index in [0.717, 1.165) is 17.1 Å². The minimum absolute atomic E-state index is 0.119. The third kappa shape index (κ3) is 2.50. The molecule has 1 aromatic carbocycles. The number of halogens is 1. The summed E-state index contributed by atoms with van der Waals surface area (Å²) in [7, 11) is 0. The Morgan fingerprint density at radius 1 is 1.55 bits per heavy atom. The largest absolute Gasteiger partial charge is 0.354 e. The fourth-order valence-electron chi connectivity index (χ4n) is 3.39. The molecule has 0 aromatic heterocycles. The Hall–Kier alpha value is -1.26. The minimum Gasteiger partial charge on any atom is -0.354 e. The molecule has 0 saturated heterocycles. The second-order valence-electron chi connectivity index (χ2n) is 6.18. The average molecular weight is 296 g/mol. The van der Waals surface area contributed by atoms with E-state index in [9.17, 15) is 4.79 Å². The highest BCUT2D eigenvalue weighted by molar-refractivity contribution is 6.30. The van der Waals surface area contributed by atoms with Crippen LogP contribution in [0.1, 0.15) is 45.6 Å². The van der Waals surface area contributed by atoms with Gasteiger partial charge >= 0.3 is 0 Å². The molecule has 0 aliphatic carbocycles. The summed E-state index contributed by atoms with van der Waals surface area (Å²) in [6.45, 7) is 8.38. The summed E-state index contributed by atoms with van der Waals surface area (Å²) in [5.74, 6) is 5.51. The summed E-state index contributed by atoms with van der Waals surface area (Å²) in [5, 5.41) is 0.728. The summed E-state index contributed by atoms with van der Waals surface area (Å²) in [6.07, 6.45) is 0.961. The Balaban J connectivity index is 2.54. The van der Waals surface area contributed by atoms with Crippen LogP contribution in [0.3, 0.4) is 0 Å². The Morgan fingerprint density at radius 3 is 2.80 bits per heavy atom. The van der Waals surface area contributed by atoms with Crippen molar-refractivity contribution >= 4 is 23.2 Å². The summed E-state index contributed by atoms with van der Waals surface area (Å²) in [6, 6.07) is 5.53. The fraction of sp³-hybridized carbons (Fsp3) is 0.533. The van der Waals surface area contributed by atoms with Crippen LogP contribution in [0.5, 0.6) is 0 Å². The first-order chi connectivity index (χ1) is 9.27. The quantitative estimate of drug-likeness (QED) is 0.501. The fourth-order valence-corrected chi connectivity index (χ4v) is 3.57. The number of hydrogen-bond acceptors (Lipinski definition) is 3. The Labute approximate surface area is 125 Å². The zero-order valence-corrected chi connectivity index (χ0v) is 13.2. The van der Waals surface area contributed by atoms with Gasteiger partial charge in [0.05, 0.1) is 0 Å². The third-order valence-corrected chi connectivity index (χ3v) is 4.38. The summed E-state index contributed by atoms with van der Waals surface area (Å²) in [4.78, 5) is 14.1. The van der Waals surface area contributed by atoms with Gasteiger partial charge in [0.2, 0.25) is 0 Å². The Morgan fingerprint density at radius 2 is 2.20 bits per heavy atom. The van der Waals surface area contributed by atoms with Crippen LogP contribution in [0.25, 0.3) is 0 Å². The first kappa shape index (κ1) is 15.1. The van der Waals surface area contributed by atoms with Crippen molar-refractivity contribution in [3.05, 3.63) is 28.8 Å². The van der Waals surface area contributed by atoms with E-state index in [0.29, 0.717) is 5.92 Å². The van der Waals surface area contributed by atoms with Gasteiger partial charge in [-0.05, 0) is 56.9 Å². The van der Waals surface area contributed by atoms with Gasteiger partial charge in [0.1, 0.15) is 6.04 Å². The van der Waals surface area contributed by atoms with Crippen LogP contribution >= 0.6 is 11.6 Å². The number of carbonyl (C=O) groups is 1. The monoisotopic (exact) mass is 295 g/mol. The Kier molecular flexibility index (Phi) is 3.98. The van der Waals surface area contributed by atoms with Gasteiger partial charge in [-0.15, -0.1) is 0 Å². The molecule has 0 radical (unpaired) electrons. The van der Waals surface area contributed by atoms with Gasteiger partial charge in [-0.2, -0.15) is 0 Å². The van der Waals surface area contributed by atoms with Crippen LogP contribution in [0.2, 0.25) is 5.02 Å². The van der Waals surface area contributed by atoms with Crippen LogP contribution in [-0.2, 0) is 4.79 Å². The molecule has 0 saturated carbocycles. The molecule has 3 N–H and O–H groups in total. The lowest BCUT2D eigenvalue weighted by Crippen LogP contribution is -2.58. The topological polar surface area (TPSA) is 58.4 Å². The van der Waals surface area contributed by atoms with Crippen molar-refractivity contribution < 1.29 is 4.79 Å². The number of fused-ring (bicyclic) bond motifs is 1. The van der Waals surface area contributed by atoms with E-state index in [-0.39, 0.29) is 17.5 Å². The van der Waals surface area contributed by atoms with Crippen molar-refractivity contribution in [3.63, 3.8) is 0 Å². The number of amides is 1. The molecule has 4 nitrogen and oxygen atoms in total. The van der Waals surface area contributed by atoms with Gasteiger partial charge in [0, 0.05) is 16.2 Å². The number of nitrogens with zero attached hydrogens (tertiary/aromatic N) is 1. The molecule has 1 aromatic rings. The molecular formula is C15H22ClN3O. The maximum Gasteiger partial charge on any atom is 0.256 e. The van der Waals surface area contributed by atoms with Crippen molar-refractivity contribution in [2.24, 2.45) is 5.84 Å². The molecule has 0 fully saturated rings. The van der Waals surface area contributed by atoms with Crippen LogP contribution in [-0.4, -0.2) is 17.5 Å². The molecule has 0 spiro atoms. The van der Waals surface area contributed by atoms with Gasteiger partial charge in [-0.3, -0.25) is 10.2 Å². The normalized spacial score (nSPS) is 22.1. The van der Waals surface area contributed by atoms with Crippen LogP contribution < -0.4 is 16.2 Å². The van der Waals surface area contributed by atoms with Crippen molar-refractivity contribution in [2.45, 2.75) is 51.6 Å². The van der Waals surface area contributed by atoms with Gasteiger partial charge in [-0.1, -0.05) is 18.5 Å². The van der Waals surface area contributed by atoms with Gasteiger partial charge in [0.15, 0.2) is 0 Å². The molecule has 1 heterocycles. The first-order valence-corrected chi connectivity index (χ1v) is 7.25. The minimum atomic E-state index is -0.331. The van der Waals surface area contributed by atoms with Gasteiger partial charge in [-0.25, -0.2) is 5.84 Å². The van der Waals surface area contributed by atoms with Crippen LogP contribution in [0.4, 0.5) is 5.69 Å². The molecule has 110 valence electrons. The van der Waals surface area contributed by atoms with E-state index in [1.807, 2.05) is 25.1 Å². The number of benzene rings is 1. The lowest BCUT2D eigenvalue weighted by atomic mass is 9.79. The third-order valence-electron chi connectivity index (χ3n) is 4.15. The lowest BCUT2D eigenvalue weighted by molar-refractivity contribution is -0.122. The molecule has 2 atom stereocenters. The van der Waals surface area contributed by atoms with E-state index >= 15 is 0 Å². The number of hydrazine groups is 1. The SMILES string of the molecule is C[C@@H]1CC(C)(C)N([C@H](C)C(=O)NN)c2ccc(Cl)cc21. The standard InChI is InChI=1S/C15H22ClN3O/c1-9-8-15(3,4)19(10(2)14(20)18-17)13-6-5-11(16)7-12(9)13/h5-7,9-10H,8,17H2,1-4H3,(H,18,20)/t9-,10-/m1/s1. The number of hydrogen-bond donors (Lipinski definition) is 2. The molecule has 0 bridgehead atoms. The lowest BCUT2D eigenvalue weighted by Gasteiger charge is -2.49. The van der Waals surface area contributed by atoms with E-state index in [1.165, 1.54) is 5.56 Å². The van der Waals surface area contributed by atoms with Crippen molar-refractivity contribution in [2.75, 3.05) is 4.90 Å². The summed E-state index contributed by atoms with van der Waals surface area (Å²) < 4.78 is 0. The smallest absolute Gasteiger partial charge is 0.256 e. The van der Waals surface area contributed by atoms with Crippen molar-refractivity contribution in [1.82, 2.24) is 5.43 Å². The number of anilines is 1. The number of carbonyl (C=O) groups excluding carboxylic acids is 1. The molecule has 1 aliphatic rings. The van der Waals surface area contributed by atoms with E-state index in [2.05, 4.69) is 31.1 Å². The number of nitrogens with one attached hydrogen (secondary N) is 1. The highest BCUT2D eigenvalue weighted by Gasteiger charge is 2.40. The highest BCUT2D eigenvalue weighted by atomic mass is 35.5. The number of rotatable bonds is 2. The molecular weight excluding hydrogens is 274 g/mol. The second kappa shape index (κ2) is 5.26. The zero-order valence-electron chi connectivity index (χ0n) is 12.4. The molecule has 5 heteroatoms. The predicted octanol–water partition coefficient (Wildman–Crippen LogP) is 2.81. The maximum absolute atomic E-state index is 12.0. The van der Waals surface area contributed by atoms with Gasteiger partial charge < -0.3 is 4.90 Å². The number of nitrogens with two attached hydrogens (primary N) is 1. The first-order valence-electron chi connectivity index (χ1n) is 6.87. The Bertz CT molecular complexity index is 530. The summed E-state index contributed by atoms with van der Waals surface area (Å²) in [5.41, 5.74) is 4.38. The van der Waals surface area contributed by atoms with Crippen molar-refractivity contribution in [1.29, 1.82) is 0 Å². The van der Waals surface area contributed by atoms with E-state index in [4.69, 9.17) is 17.4 Å². The summed E-state index contributed by atoms with van der Waals surface area (Å²) >= 11 is 6.11. The second-order valence-corrected chi connectivity index (χ2v) is 6.61. The maximum atomic E-state index is 12.0. The van der Waals surface area contributed by atoms with Crippen molar-refractivity contribution in [3.8, 4) is 0 Å². The zero-order chi connectivity index (χ0) is 15.1. The molecule has 2 rings (SSSR count). The molecule has 1 aliphatic heterocycles. The predicted molar refractivity (Wildman–Crippen MR) is 82.8 cm³/mol. The van der Waals surface area contributed by atoms with Crippen LogP contribution in [0.15, 0.2) is 18.2 Å². The van der Waals surface area contributed by atoms with E-state index in [1.54, 1.807) is 0 Å². The average Bonchev–Trinajstić information content (AvgIpc) is 2.37. The van der Waals surface area contributed by atoms with Crippen LogP contribution in [0, 0.1) is 0 Å². The molecule has 1 amide bonds.